The van der Waals surface area contributed by atoms with Crippen LogP contribution in [0.5, 0.6) is 0 Å². The van der Waals surface area contributed by atoms with Crippen molar-refractivity contribution in [2.45, 2.75) is 19.9 Å². The van der Waals surface area contributed by atoms with E-state index < -0.39 is 0 Å². The van der Waals surface area contributed by atoms with Crippen molar-refractivity contribution < 1.29 is 0 Å². The van der Waals surface area contributed by atoms with Gasteiger partial charge in [0.1, 0.15) is 10.8 Å². The Bertz CT molecular complexity index is 469. The first kappa shape index (κ1) is 10.2. The Balaban J connectivity index is 2.47. The van der Waals surface area contributed by atoms with Crippen molar-refractivity contribution in [3.63, 3.8) is 0 Å². The second kappa shape index (κ2) is 3.70. The molecule has 80 valence electrons. The Morgan fingerprint density at radius 2 is 2.13 bits per heavy atom. The standard InChI is InChI=1S/C10H13ClN4/c1-7(2)15-10(11)6-8(13-15)9-4-5-12-14(9)3/h4-7H,1-3H3. The van der Waals surface area contributed by atoms with Crippen molar-refractivity contribution in [1.29, 1.82) is 0 Å². The summed E-state index contributed by atoms with van der Waals surface area (Å²) in [5.74, 6) is 0. The molecule has 0 unspecified atom stereocenters. The number of aryl methyl sites for hydroxylation is 1. The Kier molecular flexibility index (Phi) is 2.52. The van der Waals surface area contributed by atoms with Gasteiger partial charge >= 0.3 is 0 Å². The SMILES string of the molecule is CC(C)n1nc(-c2ccnn2C)cc1Cl. The van der Waals surface area contributed by atoms with Crippen LogP contribution in [0.2, 0.25) is 5.15 Å². The molecular formula is C10H13ClN4. The fourth-order valence-corrected chi connectivity index (χ4v) is 1.82. The summed E-state index contributed by atoms with van der Waals surface area (Å²) in [6.45, 7) is 4.10. The van der Waals surface area contributed by atoms with E-state index in [0.717, 1.165) is 11.4 Å². The van der Waals surface area contributed by atoms with Gasteiger partial charge in [0.2, 0.25) is 0 Å². The minimum absolute atomic E-state index is 0.263. The second-order valence-corrected chi connectivity index (χ2v) is 4.12. The van der Waals surface area contributed by atoms with Crippen LogP contribution < -0.4 is 0 Å². The maximum absolute atomic E-state index is 6.08. The molecule has 0 atom stereocenters. The predicted octanol–water partition coefficient (Wildman–Crippen LogP) is 2.52. The normalized spacial score (nSPS) is 11.3. The number of hydrogen-bond acceptors (Lipinski definition) is 2. The van der Waals surface area contributed by atoms with Gasteiger partial charge in [0.25, 0.3) is 0 Å². The zero-order chi connectivity index (χ0) is 11.0. The minimum atomic E-state index is 0.263. The van der Waals surface area contributed by atoms with Gasteiger partial charge < -0.3 is 0 Å². The summed E-state index contributed by atoms with van der Waals surface area (Å²) in [6.07, 6.45) is 1.75. The average molecular weight is 225 g/mol. The van der Waals surface area contributed by atoms with E-state index in [1.54, 1.807) is 15.6 Å². The zero-order valence-corrected chi connectivity index (χ0v) is 9.73. The quantitative estimate of drug-likeness (QED) is 0.786. The smallest absolute Gasteiger partial charge is 0.128 e. The lowest BCUT2D eigenvalue weighted by atomic mass is 10.3. The highest BCUT2D eigenvalue weighted by atomic mass is 35.5. The van der Waals surface area contributed by atoms with Crippen LogP contribution in [0.4, 0.5) is 0 Å². The van der Waals surface area contributed by atoms with Crippen LogP contribution in [0.1, 0.15) is 19.9 Å². The molecular weight excluding hydrogens is 212 g/mol. The van der Waals surface area contributed by atoms with Crippen LogP contribution in [0.15, 0.2) is 18.3 Å². The van der Waals surface area contributed by atoms with Crippen LogP contribution in [0, 0.1) is 0 Å². The molecule has 5 heteroatoms. The summed E-state index contributed by atoms with van der Waals surface area (Å²) in [5, 5.41) is 9.19. The van der Waals surface area contributed by atoms with Gasteiger partial charge in [-0.15, -0.1) is 0 Å². The highest BCUT2D eigenvalue weighted by Gasteiger charge is 2.12. The fourth-order valence-electron chi connectivity index (χ4n) is 1.48. The molecule has 0 bridgehead atoms. The number of halogens is 1. The summed E-state index contributed by atoms with van der Waals surface area (Å²) in [7, 11) is 1.89. The minimum Gasteiger partial charge on any atom is -0.266 e. The van der Waals surface area contributed by atoms with Gasteiger partial charge in [0, 0.05) is 25.4 Å². The Morgan fingerprint density at radius 3 is 2.60 bits per heavy atom. The molecule has 0 aliphatic heterocycles. The monoisotopic (exact) mass is 224 g/mol. The lowest BCUT2D eigenvalue weighted by Crippen LogP contribution is -2.03. The van der Waals surface area contributed by atoms with E-state index >= 15 is 0 Å². The van der Waals surface area contributed by atoms with Crippen molar-refractivity contribution in [3.8, 4) is 11.4 Å². The van der Waals surface area contributed by atoms with Crippen LogP contribution in [-0.4, -0.2) is 19.6 Å². The number of rotatable bonds is 2. The molecule has 0 radical (unpaired) electrons. The molecule has 0 aromatic carbocycles. The van der Waals surface area contributed by atoms with E-state index in [1.807, 2.05) is 33.0 Å². The van der Waals surface area contributed by atoms with E-state index in [1.165, 1.54) is 0 Å². The predicted molar refractivity (Wildman–Crippen MR) is 59.8 cm³/mol. The van der Waals surface area contributed by atoms with Gasteiger partial charge in [-0.2, -0.15) is 10.2 Å². The maximum atomic E-state index is 6.08. The van der Waals surface area contributed by atoms with E-state index in [4.69, 9.17) is 11.6 Å². The number of hydrogen-bond donors (Lipinski definition) is 0. The van der Waals surface area contributed by atoms with Gasteiger partial charge in [-0.05, 0) is 19.9 Å². The van der Waals surface area contributed by atoms with Crippen molar-refractivity contribution in [3.05, 3.63) is 23.5 Å². The molecule has 0 aliphatic rings. The highest BCUT2D eigenvalue weighted by Crippen LogP contribution is 2.23. The molecule has 2 aromatic heterocycles. The third-order valence-corrected chi connectivity index (χ3v) is 2.54. The Morgan fingerprint density at radius 1 is 1.40 bits per heavy atom. The summed E-state index contributed by atoms with van der Waals surface area (Å²) < 4.78 is 3.58. The molecule has 2 aromatic rings. The Hall–Kier alpha value is -1.29. The molecule has 0 spiro atoms. The van der Waals surface area contributed by atoms with Crippen molar-refractivity contribution in [1.82, 2.24) is 19.6 Å². The first-order valence-corrected chi connectivity index (χ1v) is 5.21. The maximum Gasteiger partial charge on any atom is 0.128 e. The molecule has 0 amide bonds. The largest absolute Gasteiger partial charge is 0.266 e. The summed E-state index contributed by atoms with van der Waals surface area (Å²) >= 11 is 6.08. The van der Waals surface area contributed by atoms with Crippen LogP contribution in [0.25, 0.3) is 11.4 Å². The molecule has 0 N–H and O–H groups in total. The van der Waals surface area contributed by atoms with Crippen LogP contribution in [-0.2, 0) is 7.05 Å². The van der Waals surface area contributed by atoms with Crippen molar-refractivity contribution in [2.75, 3.05) is 0 Å². The molecule has 2 heterocycles. The first-order valence-electron chi connectivity index (χ1n) is 4.83. The third-order valence-electron chi connectivity index (χ3n) is 2.26. The molecule has 0 fully saturated rings. The van der Waals surface area contributed by atoms with Crippen molar-refractivity contribution in [2.24, 2.45) is 7.05 Å². The van der Waals surface area contributed by atoms with Gasteiger partial charge in [0.05, 0.1) is 5.69 Å². The highest BCUT2D eigenvalue weighted by molar-refractivity contribution is 6.29. The number of nitrogens with zero attached hydrogens (tertiary/aromatic N) is 4. The number of aromatic nitrogens is 4. The Labute approximate surface area is 93.5 Å². The molecule has 2 rings (SSSR count). The second-order valence-electron chi connectivity index (χ2n) is 3.73. The zero-order valence-electron chi connectivity index (χ0n) is 8.98. The summed E-state index contributed by atoms with van der Waals surface area (Å²) in [5.41, 5.74) is 1.82. The van der Waals surface area contributed by atoms with Crippen LogP contribution in [0.3, 0.4) is 0 Å². The average Bonchev–Trinajstić information content (AvgIpc) is 2.71. The summed E-state index contributed by atoms with van der Waals surface area (Å²) in [6, 6.07) is 4.04. The lowest BCUT2D eigenvalue weighted by Gasteiger charge is -2.05. The molecule has 15 heavy (non-hydrogen) atoms. The van der Waals surface area contributed by atoms with Crippen molar-refractivity contribution >= 4 is 11.6 Å². The van der Waals surface area contributed by atoms with E-state index in [9.17, 15) is 0 Å². The summed E-state index contributed by atoms with van der Waals surface area (Å²) in [4.78, 5) is 0. The molecule has 4 nitrogen and oxygen atoms in total. The molecule has 0 saturated carbocycles. The molecule has 0 aliphatic carbocycles. The van der Waals surface area contributed by atoms with Gasteiger partial charge in [0.15, 0.2) is 0 Å². The lowest BCUT2D eigenvalue weighted by molar-refractivity contribution is 0.534. The van der Waals surface area contributed by atoms with Gasteiger partial charge in [-0.1, -0.05) is 11.6 Å². The fraction of sp³-hybridized carbons (Fsp3) is 0.400. The first-order chi connectivity index (χ1) is 7.09. The van der Waals surface area contributed by atoms with Gasteiger partial charge in [-0.25, -0.2) is 0 Å². The molecule has 0 saturated heterocycles. The van der Waals surface area contributed by atoms with E-state index in [0.29, 0.717) is 5.15 Å². The van der Waals surface area contributed by atoms with E-state index in [-0.39, 0.29) is 6.04 Å². The van der Waals surface area contributed by atoms with E-state index in [2.05, 4.69) is 10.2 Å². The van der Waals surface area contributed by atoms with Gasteiger partial charge in [-0.3, -0.25) is 9.36 Å². The van der Waals surface area contributed by atoms with Crippen LogP contribution >= 0.6 is 11.6 Å². The third kappa shape index (κ3) is 1.77. The topological polar surface area (TPSA) is 35.6 Å².